The van der Waals surface area contributed by atoms with Crippen LogP contribution in [0.2, 0.25) is 0 Å². The molecule has 1 aromatic heterocycles. The maximum atomic E-state index is 13.6. The number of halogens is 3. The Kier molecular flexibility index (Phi) is 3.12. The molecule has 1 aromatic carbocycles. The van der Waals surface area contributed by atoms with E-state index in [1.54, 1.807) is 19.1 Å². The Labute approximate surface area is 118 Å². The quantitative estimate of drug-likeness (QED) is 0.937. The van der Waals surface area contributed by atoms with Crippen LogP contribution in [0.4, 0.5) is 18.9 Å². The summed E-state index contributed by atoms with van der Waals surface area (Å²) in [6, 6.07) is 5.49. The Morgan fingerprint density at radius 3 is 2.71 bits per heavy atom. The number of pyridine rings is 1. The van der Waals surface area contributed by atoms with E-state index < -0.39 is 12.1 Å². The molecule has 0 amide bonds. The smallest absolute Gasteiger partial charge is 0.395 e. The number of aromatic nitrogens is 1. The topological polar surface area (TPSA) is 43.4 Å². The SMILES string of the molecule is C[C@@H](Nc1ccc2c(c1)OC(F)(F)O2)c1ccncc1F. The second-order valence-corrected chi connectivity index (χ2v) is 4.59. The van der Waals surface area contributed by atoms with Crippen LogP contribution in [0.5, 0.6) is 11.5 Å². The number of hydrogen-bond donors (Lipinski definition) is 1. The monoisotopic (exact) mass is 296 g/mol. The average molecular weight is 296 g/mol. The second-order valence-electron chi connectivity index (χ2n) is 4.59. The van der Waals surface area contributed by atoms with Gasteiger partial charge in [0.15, 0.2) is 11.5 Å². The largest absolute Gasteiger partial charge is 0.586 e. The van der Waals surface area contributed by atoms with Crippen molar-refractivity contribution >= 4 is 5.69 Å². The lowest BCUT2D eigenvalue weighted by molar-refractivity contribution is -0.286. The zero-order valence-electron chi connectivity index (χ0n) is 10.9. The van der Waals surface area contributed by atoms with Gasteiger partial charge in [-0.15, -0.1) is 8.78 Å². The fourth-order valence-electron chi connectivity index (χ4n) is 2.10. The van der Waals surface area contributed by atoms with Gasteiger partial charge in [0.2, 0.25) is 0 Å². The molecule has 0 bridgehead atoms. The molecule has 0 fully saturated rings. The number of benzene rings is 1. The second kappa shape index (κ2) is 4.83. The van der Waals surface area contributed by atoms with E-state index in [2.05, 4.69) is 19.8 Å². The van der Waals surface area contributed by atoms with Gasteiger partial charge in [0.05, 0.1) is 12.2 Å². The number of fused-ring (bicyclic) bond motifs is 1. The molecule has 1 N–H and O–H groups in total. The van der Waals surface area contributed by atoms with Gasteiger partial charge in [-0.2, -0.15) is 0 Å². The normalized spacial score (nSPS) is 16.6. The summed E-state index contributed by atoms with van der Waals surface area (Å²) in [5.41, 5.74) is 0.937. The van der Waals surface area contributed by atoms with Crippen molar-refractivity contribution in [3.05, 3.63) is 48.0 Å². The van der Waals surface area contributed by atoms with Gasteiger partial charge in [-0.1, -0.05) is 0 Å². The lowest BCUT2D eigenvalue weighted by Crippen LogP contribution is -2.25. The van der Waals surface area contributed by atoms with Gasteiger partial charge in [-0.3, -0.25) is 4.98 Å². The molecule has 1 aliphatic rings. The molecule has 0 saturated carbocycles. The Balaban J connectivity index is 1.79. The van der Waals surface area contributed by atoms with Gasteiger partial charge < -0.3 is 14.8 Å². The molecule has 0 unspecified atom stereocenters. The van der Waals surface area contributed by atoms with Crippen LogP contribution >= 0.6 is 0 Å². The van der Waals surface area contributed by atoms with E-state index in [0.717, 1.165) is 6.20 Å². The van der Waals surface area contributed by atoms with Crippen molar-refractivity contribution in [3.8, 4) is 11.5 Å². The fraction of sp³-hybridized carbons (Fsp3) is 0.214. The highest BCUT2D eigenvalue weighted by molar-refractivity contribution is 5.56. The molecule has 0 spiro atoms. The van der Waals surface area contributed by atoms with E-state index >= 15 is 0 Å². The summed E-state index contributed by atoms with van der Waals surface area (Å²) >= 11 is 0. The van der Waals surface area contributed by atoms with Gasteiger partial charge in [0.1, 0.15) is 5.82 Å². The van der Waals surface area contributed by atoms with E-state index in [0.29, 0.717) is 11.3 Å². The maximum Gasteiger partial charge on any atom is 0.586 e. The summed E-state index contributed by atoms with van der Waals surface area (Å²) in [7, 11) is 0. The Morgan fingerprint density at radius 2 is 1.95 bits per heavy atom. The van der Waals surface area contributed by atoms with E-state index in [-0.39, 0.29) is 17.5 Å². The van der Waals surface area contributed by atoms with Crippen LogP contribution < -0.4 is 14.8 Å². The predicted octanol–water partition coefficient (Wildman–Crippen LogP) is 3.72. The molecule has 4 nitrogen and oxygen atoms in total. The average Bonchev–Trinajstić information content (AvgIpc) is 2.72. The van der Waals surface area contributed by atoms with Crippen LogP contribution in [0.15, 0.2) is 36.7 Å². The molecule has 0 saturated heterocycles. The highest BCUT2D eigenvalue weighted by atomic mass is 19.3. The summed E-state index contributed by atoms with van der Waals surface area (Å²) in [5.74, 6) is -0.537. The van der Waals surface area contributed by atoms with E-state index in [1.807, 2.05) is 0 Å². The lowest BCUT2D eigenvalue weighted by atomic mass is 10.1. The Hall–Kier alpha value is -2.44. The summed E-state index contributed by atoms with van der Waals surface area (Å²) in [6.07, 6.45) is -1.05. The molecule has 0 radical (unpaired) electrons. The fourth-order valence-corrected chi connectivity index (χ4v) is 2.10. The standard InChI is InChI=1S/C14H11F3N2O2/c1-8(10-4-5-18-7-11(10)15)19-9-2-3-12-13(6-9)21-14(16,17)20-12/h2-8,19H,1H3/t8-/m1/s1. The van der Waals surface area contributed by atoms with Crippen molar-refractivity contribution in [2.24, 2.45) is 0 Å². The number of alkyl halides is 2. The van der Waals surface area contributed by atoms with Crippen molar-refractivity contribution < 1.29 is 22.6 Å². The van der Waals surface area contributed by atoms with Gasteiger partial charge in [0.25, 0.3) is 0 Å². The first kappa shape index (κ1) is 13.5. The van der Waals surface area contributed by atoms with Crippen LogP contribution in [0, 0.1) is 5.82 Å². The van der Waals surface area contributed by atoms with Gasteiger partial charge >= 0.3 is 6.29 Å². The highest BCUT2D eigenvalue weighted by Gasteiger charge is 2.43. The third-order valence-corrected chi connectivity index (χ3v) is 3.05. The summed E-state index contributed by atoms with van der Waals surface area (Å²) in [6.45, 7) is 1.75. The summed E-state index contributed by atoms with van der Waals surface area (Å²) in [4.78, 5) is 3.67. The van der Waals surface area contributed by atoms with Crippen molar-refractivity contribution in [1.82, 2.24) is 4.98 Å². The minimum Gasteiger partial charge on any atom is -0.395 e. The number of hydrogen-bond acceptors (Lipinski definition) is 4. The molecule has 110 valence electrons. The molecule has 1 atom stereocenters. The van der Waals surface area contributed by atoms with Crippen molar-refractivity contribution in [1.29, 1.82) is 0 Å². The molecular weight excluding hydrogens is 285 g/mol. The summed E-state index contributed by atoms with van der Waals surface area (Å²) < 4.78 is 48.1. The van der Waals surface area contributed by atoms with Crippen LogP contribution in [0.25, 0.3) is 0 Å². The third-order valence-electron chi connectivity index (χ3n) is 3.05. The van der Waals surface area contributed by atoms with E-state index in [1.165, 1.54) is 18.3 Å². The van der Waals surface area contributed by atoms with E-state index in [9.17, 15) is 13.2 Å². The molecule has 2 heterocycles. The molecule has 2 aromatic rings. The van der Waals surface area contributed by atoms with Crippen molar-refractivity contribution in [2.45, 2.75) is 19.3 Å². The first-order valence-electron chi connectivity index (χ1n) is 6.20. The molecule has 3 rings (SSSR count). The number of nitrogens with zero attached hydrogens (tertiary/aromatic N) is 1. The number of rotatable bonds is 3. The third kappa shape index (κ3) is 2.72. The van der Waals surface area contributed by atoms with Gasteiger partial charge in [-0.05, 0) is 25.1 Å². The van der Waals surface area contributed by atoms with Crippen LogP contribution in [0.1, 0.15) is 18.5 Å². The first-order chi connectivity index (χ1) is 9.94. The molecule has 0 aliphatic carbocycles. The molecule has 21 heavy (non-hydrogen) atoms. The maximum absolute atomic E-state index is 13.6. The van der Waals surface area contributed by atoms with E-state index in [4.69, 9.17) is 0 Å². The molecular formula is C14H11F3N2O2. The minimum atomic E-state index is -3.65. The van der Waals surface area contributed by atoms with Crippen LogP contribution in [0.3, 0.4) is 0 Å². The number of nitrogens with one attached hydrogen (secondary N) is 1. The van der Waals surface area contributed by atoms with Crippen molar-refractivity contribution in [2.75, 3.05) is 5.32 Å². The van der Waals surface area contributed by atoms with Crippen LogP contribution in [-0.4, -0.2) is 11.3 Å². The Bertz CT molecular complexity index is 679. The van der Waals surface area contributed by atoms with Gasteiger partial charge in [-0.25, -0.2) is 4.39 Å². The Morgan fingerprint density at radius 1 is 1.19 bits per heavy atom. The lowest BCUT2D eigenvalue weighted by Gasteiger charge is -2.16. The number of ether oxygens (including phenoxy) is 2. The zero-order chi connectivity index (χ0) is 15.0. The first-order valence-corrected chi connectivity index (χ1v) is 6.20. The van der Waals surface area contributed by atoms with Gasteiger partial charge in [0, 0.05) is 23.5 Å². The molecule has 7 heteroatoms. The highest BCUT2D eigenvalue weighted by Crippen LogP contribution is 2.42. The van der Waals surface area contributed by atoms with Crippen molar-refractivity contribution in [3.63, 3.8) is 0 Å². The predicted molar refractivity (Wildman–Crippen MR) is 68.9 cm³/mol. The molecule has 1 aliphatic heterocycles. The zero-order valence-corrected chi connectivity index (χ0v) is 10.9. The van der Waals surface area contributed by atoms with Crippen LogP contribution in [-0.2, 0) is 0 Å². The minimum absolute atomic E-state index is 0.0340. The summed E-state index contributed by atoms with van der Waals surface area (Å²) in [5, 5.41) is 3.01. The number of anilines is 1.